The van der Waals surface area contributed by atoms with E-state index >= 15 is 0 Å². The first-order valence-electron chi connectivity index (χ1n) is 8.22. The van der Waals surface area contributed by atoms with Crippen LogP contribution >= 0.6 is 0 Å². The number of hydrogen-bond donors (Lipinski definition) is 2. The molecule has 0 spiro atoms. The van der Waals surface area contributed by atoms with Crippen molar-refractivity contribution in [3.63, 3.8) is 0 Å². The first-order valence-corrected chi connectivity index (χ1v) is 8.22. The fourth-order valence-corrected chi connectivity index (χ4v) is 2.72. The maximum absolute atomic E-state index is 12.6. The highest BCUT2D eigenvalue weighted by atomic mass is 16.3. The van der Waals surface area contributed by atoms with Crippen molar-refractivity contribution in [1.29, 1.82) is 0 Å². The van der Waals surface area contributed by atoms with Gasteiger partial charge in [0, 0.05) is 6.54 Å². The molecule has 27 heavy (non-hydrogen) atoms. The molecule has 4 rings (SSSR count). The normalized spacial score (nSPS) is 11.4. The van der Waals surface area contributed by atoms with E-state index in [1.807, 2.05) is 24.3 Å². The van der Waals surface area contributed by atoms with Crippen LogP contribution in [0.4, 0.5) is 5.82 Å². The number of nitrogens with one attached hydrogen (secondary N) is 1. The van der Waals surface area contributed by atoms with Gasteiger partial charge in [0.25, 0.3) is 5.91 Å². The molecule has 0 aliphatic rings. The molecule has 0 aliphatic heterocycles. The van der Waals surface area contributed by atoms with Crippen LogP contribution in [0.2, 0.25) is 0 Å². The number of carbonyl (C=O) groups excluding carboxylic acids is 1. The Kier molecular flexibility index (Phi) is 4.13. The van der Waals surface area contributed by atoms with Gasteiger partial charge in [0.2, 0.25) is 0 Å². The van der Waals surface area contributed by atoms with Crippen LogP contribution in [0.5, 0.6) is 0 Å². The highest BCUT2D eigenvalue weighted by molar-refractivity contribution is 6.10. The lowest BCUT2D eigenvalue weighted by atomic mass is 10.2. The molecule has 1 amide bonds. The van der Waals surface area contributed by atoms with Crippen molar-refractivity contribution < 1.29 is 9.21 Å². The molecule has 3 heterocycles. The van der Waals surface area contributed by atoms with Crippen molar-refractivity contribution in [2.75, 3.05) is 12.3 Å². The smallest absolute Gasteiger partial charge is 0.257 e. The van der Waals surface area contributed by atoms with Gasteiger partial charge < -0.3 is 15.5 Å². The van der Waals surface area contributed by atoms with Crippen molar-refractivity contribution in [1.82, 2.24) is 20.0 Å². The van der Waals surface area contributed by atoms with Crippen molar-refractivity contribution >= 4 is 40.1 Å². The van der Waals surface area contributed by atoms with Gasteiger partial charge in [-0.1, -0.05) is 18.2 Å². The number of nitrogens with zero attached hydrogens (tertiary/aromatic N) is 4. The highest BCUT2D eigenvalue weighted by Crippen LogP contribution is 2.27. The lowest BCUT2D eigenvalue weighted by molar-refractivity contribution is 0.0960. The standard InChI is InChI=1S/C19H16N6O2/c1-2-9-21-19(26)15-16-18(24-14-8-4-3-7-13(14)23-16)25(17(15)20)22-11-12-6-5-10-27-12/h2-8,10-11H,1,9,20H2,(H,21,26). The number of para-hydroxylation sites is 2. The van der Waals surface area contributed by atoms with E-state index in [-0.39, 0.29) is 17.3 Å². The van der Waals surface area contributed by atoms with Crippen LogP contribution in [-0.4, -0.2) is 33.3 Å². The number of nitrogen functional groups attached to an aromatic ring is 1. The Balaban J connectivity index is 1.95. The summed E-state index contributed by atoms with van der Waals surface area (Å²) in [5.41, 5.74) is 8.57. The molecule has 134 valence electrons. The van der Waals surface area contributed by atoms with Crippen LogP contribution in [-0.2, 0) is 0 Å². The lowest BCUT2D eigenvalue weighted by Crippen LogP contribution is -2.24. The fraction of sp³-hybridized carbons (Fsp3) is 0.0526. The zero-order chi connectivity index (χ0) is 18.8. The molecule has 1 aromatic carbocycles. The number of rotatable bonds is 5. The minimum Gasteiger partial charge on any atom is -0.463 e. The quantitative estimate of drug-likeness (QED) is 0.420. The number of amides is 1. The Hall–Kier alpha value is -3.94. The summed E-state index contributed by atoms with van der Waals surface area (Å²) in [4.78, 5) is 21.8. The van der Waals surface area contributed by atoms with E-state index in [0.29, 0.717) is 34.5 Å². The molecule has 0 aliphatic carbocycles. The molecule has 3 aromatic heterocycles. The second-order valence-electron chi connectivity index (χ2n) is 5.72. The zero-order valence-corrected chi connectivity index (χ0v) is 14.3. The predicted octanol–water partition coefficient (Wildman–Crippen LogP) is 2.56. The molecule has 3 N–H and O–H groups in total. The van der Waals surface area contributed by atoms with Crippen LogP contribution in [0.3, 0.4) is 0 Å². The summed E-state index contributed by atoms with van der Waals surface area (Å²) in [5, 5.41) is 7.06. The Morgan fingerprint density at radius 3 is 2.74 bits per heavy atom. The topological polar surface area (TPSA) is 111 Å². The predicted molar refractivity (Wildman–Crippen MR) is 104 cm³/mol. The van der Waals surface area contributed by atoms with E-state index < -0.39 is 0 Å². The molecule has 4 aromatic rings. The third-order valence-electron chi connectivity index (χ3n) is 3.95. The summed E-state index contributed by atoms with van der Waals surface area (Å²) in [5.74, 6) is 0.321. The van der Waals surface area contributed by atoms with E-state index in [1.54, 1.807) is 24.5 Å². The number of benzene rings is 1. The minimum absolute atomic E-state index is 0.143. The summed E-state index contributed by atoms with van der Waals surface area (Å²) >= 11 is 0. The van der Waals surface area contributed by atoms with Gasteiger partial charge in [-0.05, 0) is 24.3 Å². The third-order valence-corrected chi connectivity index (χ3v) is 3.95. The van der Waals surface area contributed by atoms with Crippen molar-refractivity contribution in [2.45, 2.75) is 0 Å². The summed E-state index contributed by atoms with van der Waals surface area (Å²) in [6.45, 7) is 3.91. The lowest BCUT2D eigenvalue weighted by Gasteiger charge is -2.02. The largest absolute Gasteiger partial charge is 0.463 e. The number of carbonyl (C=O) groups is 1. The maximum atomic E-state index is 12.6. The number of aromatic nitrogens is 3. The zero-order valence-electron chi connectivity index (χ0n) is 14.3. The first-order chi connectivity index (χ1) is 13.2. The van der Waals surface area contributed by atoms with Gasteiger partial charge in [0.15, 0.2) is 5.65 Å². The van der Waals surface area contributed by atoms with Crippen molar-refractivity contribution in [3.05, 3.63) is 66.6 Å². The summed E-state index contributed by atoms with van der Waals surface area (Å²) in [6, 6.07) is 10.9. The van der Waals surface area contributed by atoms with E-state index in [1.165, 1.54) is 10.9 Å². The van der Waals surface area contributed by atoms with E-state index in [0.717, 1.165) is 0 Å². The second-order valence-corrected chi connectivity index (χ2v) is 5.72. The van der Waals surface area contributed by atoms with Gasteiger partial charge in [-0.15, -0.1) is 6.58 Å². The summed E-state index contributed by atoms with van der Waals surface area (Å²) in [6.07, 6.45) is 4.63. The Morgan fingerprint density at radius 2 is 2.04 bits per heavy atom. The third kappa shape index (κ3) is 2.93. The van der Waals surface area contributed by atoms with Crippen molar-refractivity contribution in [2.24, 2.45) is 5.10 Å². The minimum atomic E-state index is -0.367. The van der Waals surface area contributed by atoms with E-state index in [2.05, 4.69) is 27.0 Å². The van der Waals surface area contributed by atoms with Gasteiger partial charge in [0.1, 0.15) is 22.7 Å². The van der Waals surface area contributed by atoms with E-state index in [4.69, 9.17) is 10.2 Å². The number of hydrogen-bond acceptors (Lipinski definition) is 6. The average molecular weight is 360 g/mol. The molecule has 8 nitrogen and oxygen atoms in total. The number of anilines is 1. The monoisotopic (exact) mass is 360 g/mol. The van der Waals surface area contributed by atoms with Crippen LogP contribution < -0.4 is 11.1 Å². The van der Waals surface area contributed by atoms with Crippen LogP contribution in [0.25, 0.3) is 22.2 Å². The highest BCUT2D eigenvalue weighted by Gasteiger charge is 2.23. The van der Waals surface area contributed by atoms with Gasteiger partial charge in [-0.25, -0.2) is 9.97 Å². The first kappa shape index (κ1) is 16.5. The number of fused-ring (bicyclic) bond motifs is 2. The van der Waals surface area contributed by atoms with Gasteiger partial charge >= 0.3 is 0 Å². The van der Waals surface area contributed by atoms with Crippen LogP contribution in [0.15, 0.2) is 64.8 Å². The Labute approximate surface area is 154 Å². The molecular weight excluding hydrogens is 344 g/mol. The Bertz CT molecular complexity index is 1170. The maximum Gasteiger partial charge on any atom is 0.257 e. The second kappa shape index (κ2) is 6.75. The van der Waals surface area contributed by atoms with Crippen LogP contribution in [0.1, 0.15) is 16.1 Å². The average Bonchev–Trinajstić information content (AvgIpc) is 3.28. The summed E-state index contributed by atoms with van der Waals surface area (Å²) < 4.78 is 6.64. The fourth-order valence-electron chi connectivity index (χ4n) is 2.72. The number of nitrogens with two attached hydrogens (primary N) is 1. The summed E-state index contributed by atoms with van der Waals surface area (Å²) in [7, 11) is 0. The molecular formula is C19H16N6O2. The van der Waals surface area contributed by atoms with E-state index in [9.17, 15) is 4.79 Å². The SMILES string of the molecule is C=CCNC(=O)c1c(N)n(N=Cc2ccco2)c2nc3ccccc3nc12. The molecule has 0 unspecified atom stereocenters. The molecule has 0 atom stereocenters. The molecule has 8 heteroatoms. The molecule has 0 bridgehead atoms. The molecule has 0 radical (unpaired) electrons. The Morgan fingerprint density at radius 1 is 1.26 bits per heavy atom. The van der Waals surface area contributed by atoms with Gasteiger partial charge in [-0.3, -0.25) is 4.79 Å². The van der Waals surface area contributed by atoms with Gasteiger partial charge in [-0.2, -0.15) is 9.78 Å². The van der Waals surface area contributed by atoms with Gasteiger partial charge in [0.05, 0.1) is 23.5 Å². The molecule has 0 saturated carbocycles. The molecule has 0 fully saturated rings. The van der Waals surface area contributed by atoms with Crippen molar-refractivity contribution in [3.8, 4) is 0 Å². The van der Waals surface area contributed by atoms with Crippen LogP contribution in [0, 0.1) is 0 Å². The molecule has 0 saturated heterocycles. The number of furan rings is 1.